The number of phenolic OH excluding ortho intramolecular Hbond substituents is 1. The van der Waals surface area contributed by atoms with Crippen molar-refractivity contribution in [1.29, 1.82) is 0 Å². The highest BCUT2D eigenvalue weighted by molar-refractivity contribution is 5.88. The number of nitrogens with zero attached hydrogens (tertiary/aromatic N) is 1. The minimum absolute atomic E-state index is 0.0218. The summed E-state index contributed by atoms with van der Waals surface area (Å²) in [6.45, 7) is 0. The molecule has 100 valence electrons. The predicted molar refractivity (Wildman–Crippen MR) is 76.0 cm³/mol. The first-order valence-corrected chi connectivity index (χ1v) is 6.04. The number of methoxy groups -OCH3 is 1. The van der Waals surface area contributed by atoms with Crippen molar-refractivity contribution < 1.29 is 9.84 Å². The predicted octanol–water partition coefficient (Wildman–Crippen LogP) is 2.30. The molecule has 0 saturated carbocycles. The second kappa shape index (κ2) is 4.70. The monoisotopic (exact) mass is 268 g/mol. The van der Waals surface area contributed by atoms with Crippen molar-refractivity contribution in [3.8, 4) is 22.6 Å². The molecule has 3 rings (SSSR count). The number of benzene rings is 2. The number of phenols is 1. The van der Waals surface area contributed by atoms with Crippen LogP contribution in [0, 0.1) is 0 Å². The van der Waals surface area contributed by atoms with Gasteiger partial charge in [0.15, 0.2) is 0 Å². The van der Waals surface area contributed by atoms with Gasteiger partial charge in [-0.3, -0.25) is 4.79 Å². The molecule has 1 aromatic heterocycles. The van der Waals surface area contributed by atoms with E-state index in [4.69, 9.17) is 4.74 Å². The zero-order chi connectivity index (χ0) is 14.1. The molecule has 0 radical (unpaired) electrons. The standard InChI is InChI=1S/C15H12N2O3/c1-20-11-4-2-3-9(5-11)10-6-12-14(13(18)7-10)16-8-17-15(12)19/h2-8,18H,1H3,(H,16,17,19). The van der Waals surface area contributed by atoms with Crippen LogP contribution in [0.15, 0.2) is 47.5 Å². The van der Waals surface area contributed by atoms with Gasteiger partial charge in [0.2, 0.25) is 0 Å². The molecule has 2 N–H and O–H groups in total. The number of hydrogen-bond acceptors (Lipinski definition) is 4. The lowest BCUT2D eigenvalue weighted by Gasteiger charge is -2.07. The maximum Gasteiger partial charge on any atom is 0.258 e. The van der Waals surface area contributed by atoms with Gasteiger partial charge in [-0.2, -0.15) is 0 Å². The van der Waals surface area contributed by atoms with E-state index in [0.29, 0.717) is 16.7 Å². The fourth-order valence-corrected chi connectivity index (χ4v) is 2.13. The summed E-state index contributed by atoms with van der Waals surface area (Å²) in [5.74, 6) is 0.689. The van der Waals surface area contributed by atoms with Gasteiger partial charge in [0.05, 0.1) is 18.8 Å². The van der Waals surface area contributed by atoms with E-state index in [1.165, 1.54) is 6.33 Å². The van der Waals surface area contributed by atoms with Gasteiger partial charge in [-0.1, -0.05) is 12.1 Å². The van der Waals surface area contributed by atoms with Crippen molar-refractivity contribution in [2.45, 2.75) is 0 Å². The smallest absolute Gasteiger partial charge is 0.258 e. The van der Waals surface area contributed by atoms with E-state index in [1.54, 1.807) is 19.2 Å². The van der Waals surface area contributed by atoms with E-state index in [-0.39, 0.29) is 11.3 Å². The Morgan fingerprint density at radius 3 is 2.85 bits per heavy atom. The largest absolute Gasteiger partial charge is 0.506 e. The number of aromatic hydroxyl groups is 1. The quantitative estimate of drug-likeness (QED) is 0.747. The van der Waals surface area contributed by atoms with Crippen molar-refractivity contribution in [3.63, 3.8) is 0 Å². The number of nitrogens with one attached hydrogen (secondary N) is 1. The molecule has 0 atom stereocenters. The molecule has 0 spiro atoms. The number of aromatic nitrogens is 2. The van der Waals surface area contributed by atoms with E-state index in [0.717, 1.165) is 11.1 Å². The Bertz CT molecular complexity index is 840. The second-order valence-corrected chi connectivity index (χ2v) is 4.36. The van der Waals surface area contributed by atoms with E-state index in [2.05, 4.69) is 9.97 Å². The minimum Gasteiger partial charge on any atom is -0.506 e. The lowest BCUT2D eigenvalue weighted by Crippen LogP contribution is -2.06. The Morgan fingerprint density at radius 1 is 1.20 bits per heavy atom. The van der Waals surface area contributed by atoms with Crippen molar-refractivity contribution in [1.82, 2.24) is 9.97 Å². The molecule has 0 aliphatic heterocycles. The summed E-state index contributed by atoms with van der Waals surface area (Å²) in [7, 11) is 1.59. The molecule has 0 aliphatic rings. The summed E-state index contributed by atoms with van der Waals surface area (Å²) in [4.78, 5) is 18.3. The van der Waals surface area contributed by atoms with Crippen LogP contribution in [0.5, 0.6) is 11.5 Å². The van der Waals surface area contributed by atoms with Crippen molar-refractivity contribution in [2.75, 3.05) is 7.11 Å². The number of hydrogen-bond donors (Lipinski definition) is 2. The lowest BCUT2D eigenvalue weighted by molar-refractivity contribution is 0.415. The molecular weight excluding hydrogens is 256 g/mol. The average Bonchev–Trinajstić information content (AvgIpc) is 2.48. The average molecular weight is 268 g/mol. The Morgan fingerprint density at radius 2 is 2.05 bits per heavy atom. The van der Waals surface area contributed by atoms with Crippen LogP contribution in [0.4, 0.5) is 0 Å². The van der Waals surface area contributed by atoms with Crippen LogP contribution >= 0.6 is 0 Å². The molecule has 1 heterocycles. The normalized spacial score (nSPS) is 10.7. The van der Waals surface area contributed by atoms with E-state index in [1.807, 2.05) is 24.3 Å². The molecule has 20 heavy (non-hydrogen) atoms. The van der Waals surface area contributed by atoms with Crippen LogP contribution in [-0.2, 0) is 0 Å². The SMILES string of the molecule is COc1cccc(-c2cc(O)c3nc[nH]c(=O)c3c2)c1. The van der Waals surface area contributed by atoms with E-state index < -0.39 is 0 Å². The van der Waals surface area contributed by atoms with Crippen molar-refractivity contribution in [2.24, 2.45) is 0 Å². The van der Waals surface area contributed by atoms with Gasteiger partial charge < -0.3 is 14.8 Å². The number of ether oxygens (including phenoxy) is 1. The molecule has 0 aliphatic carbocycles. The Hall–Kier alpha value is -2.82. The molecular formula is C15H12N2O3. The molecule has 0 bridgehead atoms. The first kappa shape index (κ1) is 12.2. The first-order chi connectivity index (χ1) is 9.69. The summed E-state index contributed by atoms with van der Waals surface area (Å²) in [6, 6.07) is 10.7. The number of rotatable bonds is 2. The highest BCUT2D eigenvalue weighted by Gasteiger charge is 2.09. The maximum absolute atomic E-state index is 11.8. The second-order valence-electron chi connectivity index (χ2n) is 4.36. The Kier molecular flexibility index (Phi) is 2.87. The maximum atomic E-state index is 11.8. The fourth-order valence-electron chi connectivity index (χ4n) is 2.13. The van der Waals surface area contributed by atoms with Crippen LogP contribution in [-0.4, -0.2) is 22.2 Å². The molecule has 0 amide bonds. The lowest BCUT2D eigenvalue weighted by atomic mass is 10.0. The molecule has 0 fully saturated rings. The summed E-state index contributed by atoms with van der Waals surface area (Å²) in [5, 5.41) is 10.4. The zero-order valence-electron chi connectivity index (χ0n) is 10.8. The van der Waals surface area contributed by atoms with Gasteiger partial charge >= 0.3 is 0 Å². The highest BCUT2D eigenvalue weighted by atomic mass is 16.5. The summed E-state index contributed by atoms with van der Waals surface area (Å²) in [5.41, 5.74) is 1.59. The third kappa shape index (κ3) is 1.99. The zero-order valence-corrected chi connectivity index (χ0v) is 10.8. The van der Waals surface area contributed by atoms with Gasteiger partial charge in [-0.25, -0.2) is 4.98 Å². The van der Waals surface area contributed by atoms with Gasteiger partial charge in [0, 0.05) is 0 Å². The van der Waals surface area contributed by atoms with Crippen LogP contribution < -0.4 is 10.3 Å². The topological polar surface area (TPSA) is 75.2 Å². The van der Waals surface area contributed by atoms with Gasteiger partial charge in [0.25, 0.3) is 5.56 Å². The van der Waals surface area contributed by atoms with E-state index in [9.17, 15) is 9.90 Å². The van der Waals surface area contributed by atoms with Crippen molar-refractivity contribution in [3.05, 3.63) is 53.1 Å². The Labute approximate surface area is 114 Å². The van der Waals surface area contributed by atoms with Crippen LogP contribution in [0.2, 0.25) is 0 Å². The van der Waals surface area contributed by atoms with E-state index >= 15 is 0 Å². The molecule has 0 saturated heterocycles. The third-order valence-electron chi connectivity index (χ3n) is 3.13. The number of fused-ring (bicyclic) bond motifs is 1. The van der Waals surface area contributed by atoms with Crippen LogP contribution in [0.3, 0.4) is 0 Å². The molecule has 5 heteroatoms. The number of H-pyrrole nitrogens is 1. The minimum atomic E-state index is -0.282. The number of aromatic amines is 1. The van der Waals surface area contributed by atoms with Gasteiger partial charge in [-0.05, 0) is 35.4 Å². The molecule has 3 aromatic rings. The summed E-state index contributed by atoms with van der Waals surface area (Å²) < 4.78 is 5.18. The van der Waals surface area contributed by atoms with Crippen LogP contribution in [0.1, 0.15) is 0 Å². The molecule has 0 unspecified atom stereocenters. The molecule has 2 aromatic carbocycles. The molecule has 5 nitrogen and oxygen atoms in total. The Balaban J connectivity index is 2.26. The first-order valence-electron chi connectivity index (χ1n) is 6.04. The van der Waals surface area contributed by atoms with Crippen LogP contribution in [0.25, 0.3) is 22.0 Å². The van der Waals surface area contributed by atoms with Gasteiger partial charge in [0.1, 0.15) is 17.0 Å². The third-order valence-corrected chi connectivity index (χ3v) is 3.13. The highest BCUT2D eigenvalue weighted by Crippen LogP contribution is 2.30. The van der Waals surface area contributed by atoms with Gasteiger partial charge in [-0.15, -0.1) is 0 Å². The summed E-state index contributed by atoms with van der Waals surface area (Å²) in [6.07, 6.45) is 1.27. The summed E-state index contributed by atoms with van der Waals surface area (Å²) >= 11 is 0. The fraction of sp³-hybridized carbons (Fsp3) is 0.0667. The van der Waals surface area contributed by atoms with Crippen molar-refractivity contribution >= 4 is 10.9 Å².